The van der Waals surface area contributed by atoms with Crippen molar-refractivity contribution in [2.45, 2.75) is 5.75 Å². The van der Waals surface area contributed by atoms with Gasteiger partial charge < -0.3 is 0 Å². The highest BCUT2D eigenvalue weighted by Gasteiger charge is 2.13. The van der Waals surface area contributed by atoms with Crippen LogP contribution in [-0.2, 0) is 21.9 Å². The summed E-state index contributed by atoms with van der Waals surface area (Å²) < 4.78 is 23.5. The van der Waals surface area contributed by atoms with Crippen LogP contribution in [0.2, 0.25) is 0 Å². The summed E-state index contributed by atoms with van der Waals surface area (Å²) in [6, 6.07) is 0. The summed E-state index contributed by atoms with van der Waals surface area (Å²) in [5, 5.41) is 3.85. The average Bonchev–Trinajstić information content (AvgIpc) is 2.16. The molecule has 0 amide bonds. The highest BCUT2D eigenvalue weighted by Crippen LogP contribution is 2.18. The van der Waals surface area contributed by atoms with Gasteiger partial charge in [-0.3, -0.25) is 4.68 Å². The number of aromatic nitrogens is 2. The van der Waals surface area contributed by atoms with Crippen LogP contribution in [0.4, 0.5) is 0 Å². The Hall–Kier alpha value is -0.0700. The SMILES string of the molecule is Cn1ncc(Br)c1CS(=O)(=O)Cl. The van der Waals surface area contributed by atoms with Gasteiger partial charge in [-0.1, -0.05) is 0 Å². The first kappa shape index (κ1) is 10.0. The highest BCUT2D eigenvalue weighted by molar-refractivity contribution is 9.10. The van der Waals surface area contributed by atoms with Gasteiger partial charge in [-0.15, -0.1) is 0 Å². The minimum atomic E-state index is -3.51. The van der Waals surface area contributed by atoms with Crippen LogP contribution in [0, 0.1) is 0 Å². The van der Waals surface area contributed by atoms with E-state index >= 15 is 0 Å². The van der Waals surface area contributed by atoms with E-state index in [0.29, 0.717) is 10.2 Å². The largest absolute Gasteiger partial charge is 0.270 e. The summed E-state index contributed by atoms with van der Waals surface area (Å²) in [5.74, 6) is -0.217. The molecule has 0 aliphatic rings. The first-order valence-electron chi connectivity index (χ1n) is 2.99. The fourth-order valence-electron chi connectivity index (χ4n) is 0.762. The average molecular weight is 274 g/mol. The molecule has 0 aliphatic carbocycles. The maximum Gasteiger partial charge on any atom is 0.238 e. The molecule has 0 unspecified atom stereocenters. The third kappa shape index (κ3) is 2.46. The molecular weight excluding hydrogens is 267 g/mol. The predicted octanol–water partition coefficient (Wildman–Crippen LogP) is 1.25. The van der Waals surface area contributed by atoms with E-state index in [1.165, 1.54) is 10.9 Å². The predicted molar refractivity (Wildman–Crippen MR) is 49.4 cm³/mol. The molecule has 12 heavy (non-hydrogen) atoms. The van der Waals surface area contributed by atoms with Crippen molar-refractivity contribution in [3.05, 3.63) is 16.4 Å². The fourth-order valence-corrected chi connectivity index (χ4v) is 2.41. The van der Waals surface area contributed by atoms with Crippen LogP contribution < -0.4 is 0 Å². The van der Waals surface area contributed by atoms with Gasteiger partial charge in [0.05, 0.1) is 16.4 Å². The molecule has 0 aliphatic heterocycles. The Morgan fingerprint density at radius 1 is 1.75 bits per heavy atom. The zero-order valence-corrected chi connectivity index (χ0v) is 9.32. The molecule has 0 spiro atoms. The molecule has 0 bridgehead atoms. The quantitative estimate of drug-likeness (QED) is 0.762. The number of aryl methyl sites for hydroxylation is 1. The molecule has 0 saturated carbocycles. The van der Waals surface area contributed by atoms with E-state index in [9.17, 15) is 8.42 Å². The summed E-state index contributed by atoms with van der Waals surface area (Å²) in [5.41, 5.74) is 0.546. The molecule has 0 saturated heterocycles. The standard InChI is InChI=1S/C5H6BrClN2O2S/c1-9-5(3-12(7,10)11)4(6)2-8-9/h2H,3H2,1H3. The van der Waals surface area contributed by atoms with Crippen LogP contribution in [0.15, 0.2) is 10.7 Å². The van der Waals surface area contributed by atoms with Crippen molar-refractivity contribution in [2.24, 2.45) is 7.05 Å². The van der Waals surface area contributed by atoms with Gasteiger partial charge in [-0.25, -0.2) is 8.42 Å². The Kier molecular flexibility index (Phi) is 2.80. The number of rotatable bonds is 2. The van der Waals surface area contributed by atoms with Gasteiger partial charge in [0.2, 0.25) is 9.05 Å². The number of nitrogens with zero attached hydrogens (tertiary/aromatic N) is 2. The molecule has 0 fully saturated rings. The number of halogens is 2. The second kappa shape index (κ2) is 3.35. The van der Waals surface area contributed by atoms with Crippen molar-refractivity contribution in [3.63, 3.8) is 0 Å². The van der Waals surface area contributed by atoms with Crippen molar-refractivity contribution in [1.29, 1.82) is 0 Å². The van der Waals surface area contributed by atoms with Crippen LogP contribution >= 0.6 is 26.6 Å². The molecule has 1 aromatic heterocycles. The molecule has 0 aromatic carbocycles. The third-order valence-electron chi connectivity index (χ3n) is 1.32. The summed E-state index contributed by atoms with van der Waals surface area (Å²) in [4.78, 5) is 0. The van der Waals surface area contributed by atoms with Crippen LogP contribution in [0.3, 0.4) is 0 Å². The van der Waals surface area contributed by atoms with E-state index in [2.05, 4.69) is 21.0 Å². The summed E-state index contributed by atoms with van der Waals surface area (Å²) in [6.07, 6.45) is 1.53. The molecule has 0 radical (unpaired) electrons. The Bertz CT molecular complexity index is 367. The normalized spacial score (nSPS) is 11.9. The Morgan fingerprint density at radius 2 is 2.33 bits per heavy atom. The maximum absolute atomic E-state index is 10.7. The second-order valence-corrected chi connectivity index (χ2v) is 5.88. The minimum Gasteiger partial charge on any atom is -0.270 e. The lowest BCUT2D eigenvalue weighted by atomic mass is 10.5. The molecule has 1 heterocycles. The maximum atomic E-state index is 10.7. The smallest absolute Gasteiger partial charge is 0.238 e. The number of hydrogen-bond donors (Lipinski definition) is 0. The molecule has 7 heteroatoms. The van der Waals surface area contributed by atoms with E-state index in [1.54, 1.807) is 7.05 Å². The van der Waals surface area contributed by atoms with Gasteiger partial charge in [-0.05, 0) is 15.9 Å². The van der Waals surface area contributed by atoms with Crippen molar-refractivity contribution < 1.29 is 8.42 Å². The minimum absolute atomic E-state index is 0.217. The zero-order chi connectivity index (χ0) is 9.35. The van der Waals surface area contributed by atoms with Crippen molar-refractivity contribution in [3.8, 4) is 0 Å². The Labute approximate surface area is 83.1 Å². The monoisotopic (exact) mass is 272 g/mol. The van der Waals surface area contributed by atoms with Gasteiger partial charge in [0.1, 0.15) is 5.75 Å². The topological polar surface area (TPSA) is 52.0 Å². The lowest BCUT2D eigenvalue weighted by Crippen LogP contribution is -2.03. The molecule has 4 nitrogen and oxygen atoms in total. The molecule has 1 aromatic rings. The Balaban J connectivity index is 3.04. The molecular formula is C5H6BrClN2O2S. The van der Waals surface area contributed by atoms with Gasteiger partial charge in [0, 0.05) is 17.7 Å². The van der Waals surface area contributed by atoms with Gasteiger partial charge in [0.15, 0.2) is 0 Å². The lowest BCUT2D eigenvalue weighted by Gasteiger charge is -1.98. The fraction of sp³-hybridized carbons (Fsp3) is 0.400. The molecule has 0 atom stereocenters. The molecule has 68 valence electrons. The summed E-state index contributed by atoms with van der Waals surface area (Å²) >= 11 is 3.16. The van der Waals surface area contributed by atoms with Crippen molar-refractivity contribution >= 4 is 35.7 Å². The van der Waals surface area contributed by atoms with Crippen LogP contribution in [0.25, 0.3) is 0 Å². The van der Waals surface area contributed by atoms with Crippen molar-refractivity contribution in [1.82, 2.24) is 9.78 Å². The molecule has 1 rings (SSSR count). The van der Waals surface area contributed by atoms with Crippen LogP contribution in [0.1, 0.15) is 5.69 Å². The third-order valence-corrected chi connectivity index (χ3v) is 2.93. The van der Waals surface area contributed by atoms with E-state index in [4.69, 9.17) is 10.7 Å². The van der Waals surface area contributed by atoms with E-state index < -0.39 is 9.05 Å². The van der Waals surface area contributed by atoms with Crippen LogP contribution in [0.5, 0.6) is 0 Å². The van der Waals surface area contributed by atoms with Crippen molar-refractivity contribution in [2.75, 3.05) is 0 Å². The van der Waals surface area contributed by atoms with E-state index in [0.717, 1.165) is 0 Å². The highest BCUT2D eigenvalue weighted by atomic mass is 79.9. The lowest BCUT2D eigenvalue weighted by molar-refractivity contribution is 0.605. The summed E-state index contributed by atoms with van der Waals surface area (Å²) in [7, 11) is 3.22. The molecule has 0 N–H and O–H groups in total. The first-order chi connectivity index (χ1) is 5.40. The zero-order valence-electron chi connectivity index (χ0n) is 6.16. The van der Waals surface area contributed by atoms with E-state index in [-0.39, 0.29) is 5.75 Å². The van der Waals surface area contributed by atoms with E-state index in [1.807, 2.05) is 0 Å². The number of hydrogen-bond acceptors (Lipinski definition) is 3. The summed E-state index contributed by atoms with van der Waals surface area (Å²) in [6.45, 7) is 0. The van der Waals surface area contributed by atoms with Crippen LogP contribution in [-0.4, -0.2) is 18.2 Å². The Morgan fingerprint density at radius 3 is 2.67 bits per heavy atom. The van der Waals surface area contributed by atoms with Gasteiger partial charge in [-0.2, -0.15) is 5.10 Å². The van der Waals surface area contributed by atoms with Gasteiger partial charge in [0.25, 0.3) is 0 Å². The second-order valence-electron chi connectivity index (χ2n) is 2.25. The first-order valence-corrected chi connectivity index (χ1v) is 6.26. The van der Waals surface area contributed by atoms with Gasteiger partial charge >= 0.3 is 0 Å².